The summed E-state index contributed by atoms with van der Waals surface area (Å²) < 4.78 is 5.08. The fraction of sp³-hybridized carbons (Fsp3) is 0.370. The normalized spacial score (nSPS) is 13.9. The Morgan fingerprint density at radius 3 is 2.82 bits per heavy atom. The van der Waals surface area contributed by atoms with Gasteiger partial charge in [-0.25, -0.2) is 14.8 Å². The molecule has 3 aromatic rings. The Morgan fingerprint density at radius 1 is 1.16 bits per heavy atom. The zero-order chi connectivity index (χ0) is 26.7. The molecule has 1 aromatic carbocycles. The Morgan fingerprint density at radius 2 is 1.97 bits per heavy atom. The van der Waals surface area contributed by atoms with Crippen LogP contribution in [-0.2, 0) is 4.74 Å². The Labute approximate surface area is 222 Å². The van der Waals surface area contributed by atoms with Crippen molar-refractivity contribution in [3.05, 3.63) is 54.5 Å². The average molecular weight is 519 g/mol. The summed E-state index contributed by atoms with van der Waals surface area (Å²) in [5.41, 5.74) is 8.19. The van der Waals surface area contributed by atoms with E-state index in [9.17, 15) is 9.90 Å². The van der Waals surface area contributed by atoms with Crippen molar-refractivity contribution in [2.45, 2.75) is 26.2 Å². The van der Waals surface area contributed by atoms with E-state index < -0.39 is 6.09 Å². The number of aromatic nitrogens is 4. The Balaban J connectivity index is 1.37. The SMILES string of the molecule is CCCCOC(=O)NC/C=C/c1nccc(N2CCCN(c3cc(-c4ccccc4O)nnc3N)CC2)n1. The van der Waals surface area contributed by atoms with Crippen LogP contribution < -0.4 is 20.9 Å². The summed E-state index contributed by atoms with van der Waals surface area (Å²) in [6.45, 7) is 5.88. The van der Waals surface area contributed by atoms with E-state index in [0.29, 0.717) is 36.1 Å². The van der Waals surface area contributed by atoms with Crippen molar-refractivity contribution in [2.75, 3.05) is 54.9 Å². The fourth-order valence-corrected chi connectivity index (χ4v) is 4.14. The van der Waals surface area contributed by atoms with Crippen LogP contribution in [0.5, 0.6) is 5.75 Å². The molecule has 0 radical (unpaired) electrons. The summed E-state index contributed by atoms with van der Waals surface area (Å²) in [4.78, 5) is 25.1. The quantitative estimate of drug-likeness (QED) is 0.360. The summed E-state index contributed by atoms with van der Waals surface area (Å²) >= 11 is 0. The first-order chi connectivity index (χ1) is 18.5. The number of hydrogen-bond donors (Lipinski definition) is 3. The van der Waals surface area contributed by atoms with E-state index in [0.717, 1.165) is 56.9 Å². The number of carbonyl (C=O) groups excluding carboxylic acids is 1. The summed E-state index contributed by atoms with van der Waals surface area (Å²) in [7, 11) is 0. The number of ether oxygens (including phenoxy) is 1. The van der Waals surface area contributed by atoms with E-state index in [2.05, 4.69) is 35.3 Å². The van der Waals surface area contributed by atoms with Gasteiger partial charge < -0.3 is 30.7 Å². The number of carbonyl (C=O) groups is 1. The van der Waals surface area contributed by atoms with E-state index >= 15 is 0 Å². The lowest BCUT2D eigenvalue weighted by molar-refractivity contribution is 0.145. The highest BCUT2D eigenvalue weighted by Crippen LogP contribution is 2.31. The van der Waals surface area contributed by atoms with Crippen LogP contribution >= 0.6 is 0 Å². The van der Waals surface area contributed by atoms with Crippen LogP contribution in [-0.4, -0.2) is 70.7 Å². The molecule has 0 bridgehead atoms. The molecule has 2 aromatic heterocycles. The maximum atomic E-state index is 11.6. The summed E-state index contributed by atoms with van der Waals surface area (Å²) in [6, 6.07) is 10.8. The molecule has 1 fully saturated rings. The van der Waals surface area contributed by atoms with Crippen molar-refractivity contribution < 1.29 is 14.6 Å². The third kappa shape index (κ3) is 7.09. The number of phenolic OH excluding ortho intramolecular Hbond substituents is 1. The molecule has 3 heterocycles. The topological polar surface area (TPSA) is 143 Å². The number of nitrogens with one attached hydrogen (secondary N) is 1. The molecule has 1 saturated heterocycles. The zero-order valence-electron chi connectivity index (χ0n) is 21.6. The predicted octanol–water partition coefficient (Wildman–Crippen LogP) is 3.48. The van der Waals surface area contributed by atoms with Gasteiger partial charge in [-0.15, -0.1) is 10.2 Å². The Bertz CT molecular complexity index is 1250. The fourth-order valence-electron chi connectivity index (χ4n) is 4.14. The third-order valence-corrected chi connectivity index (χ3v) is 6.16. The maximum absolute atomic E-state index is 11.6. The number of unbranched alkanes of at least 4 members (excludes halogenated alkanes) is 1. The second-order valence-electron chi connectivity index (χ2n) is 8.89. The number of nitrogens with zero attached hydrogens (tertiary/aromatic N) is 6. The average Bonchev–Trinajstić information content (AvgIpc) is 3.19. The van der Waals surface area contributed by atoms with Crippen molar-refractivity contribution >= 4 is 29.5 Å². The van der Waals surface area contributed by atoms with E-state index in [1.807, 2.05) is 25.1 Å². The van der Waals surface area contributed by atoms with Crippen LogP contribution in [0.25, 0.3) is 17.3 Å². The summed E-state index contributed by atoms with van der Waals surface area (Å²) in [5, 5.41) is 21.3. The molecule has 4 N–H and O–H groups in total. The third-order valence-electron chi connectivity index (χ3n) is 6.16. The number of nitrogens with two attached hydrogens (primary N) is 1. The first-order valence-electron chi connectivity index (χ1n) is 12.9. The number of benzene rings is 1. The van der Waals surface area contributed by atoms with E-state index in [4.69, 9.17) is 10.5 Å². The van der Waals surface area contributed by atoms with Crippen molar-refractivity contribution in [2.24, 2.45) is 0 Å². The monoisotopic (exact) mass is 518 g/mol. The molecule has 0 unspecified atom stereocenters. The number of para-hydroxylation sites is 1. The molecule has 4 rings (SSSR count). The molecule has 1 aliphatic heterocycles. The van der Waals surface area contributed by atoms with Gasteiger partial charge in [0.1, 0.15) is 11.6 Å². The lowest BCUT2D eigenvalue weighted by Gasteiger charge is -2.25. The predicted molar refractivity (Wildman–Crippen MR) is 148 cm³/mol. The van der Waals surface area contributed by atoms with Gasteiger partial charge in [0.2, 0.25) is 0 Å². The van der Waals surface area contributed by atoms with E-state index in [1.165, 1.54) is 0 Å². The van der Waals surface area contributed by atoms with Crippen LogP contribution in [0.2, 0.25) is 0 Å². The number of nitrogen functional groups attached to an aromatic ring is 1. The van der Waals surface area contributed by atoms with E-state index in [-0.39, 0.29) is 5.75 Å². The highest BCUT2D eigenvalue weighted by atomic mass is 16.5. The van der Waals surface area contributed by atoms with Crippen LogP contribution in [0.15, 0.2) is 48.7 Å². The number of aromatic hydroxyl groups is 1. The zero-order valence-corrected chi connectivity index (χ0v) is 21.6. The molecule has 0 atom stereocenters. The molecular weight excluding hydrogens is 484 g/mol. The van der Waals surface area contributed by atoms with Gasteiger partial charge in [-0.05, 0) is 43.2 Å². The van der Waals surface area contributed by atoms with Crippen LogP contribution in [0.4, 0.5) is 22.1 Å². The standard InChI is InChI=1S/C27H34N8O3/c1-2-3-18-38-27(37)30-12-6-10-24-29-13-11-25(31-24)35-15-7-14-34(16-17-35)22-19-21(32-33-26(22)28)20-8-4-5-9-23(20)36/h4-6,8-11,13,19,36H,2-3,7,12,14-18H2,1H3,(H2,28,33)(H,30,37)/b10-6+. The van der Waals surface area contributed by atoms with Gasteiger partial charge in [-0.1, -0.05) is 31.6 Å². The lowest BCUT2D eigenvalue weighted by atomic mass is 10.1. The molecule has 0 saturated carbocycles. The Hall–Kier alpha value is -4.41. The van der Waals surface area contributed by atoms with Crippen LogP contribution in [0.3, 0.4) is 0 Å². The second-order valence-corrected chi connectivity index (χ2v) is 8.89. The molecular formula is C27H34N8O3. The van der Waals surface area contributed by atoms with Crippen LogP contribution in [0, 0.1) is 0 Å². The van der Waals surface area contributed by atoms with Crippen LogP contribution in [0.1, 0.15) is 32.0 Å². The van der Waals surface area contributed by atoms with Gasteiger partial charge in [0.05, 0.1) is 18.0 Å². The molecule has 11 nitrogen and oxygen atoms in total. The van der Waals surface area contributed by atoms with E-state index in [1.54, 1.807) is 36.5 Å². The van der Waals surface area contributed by atoms with Gasteiger partial charge in [-0.2, -0.15) is 0 Å². The maximum Gasteiger partial charge on any atom is 0.407 e. The van der Waals surface area contributed by atoms with Crippen molar-refractivity contribution in [3.63, 3.8) is 0 Å². The van der Waals surface area contributed by atoms with Crippen molar-refractivity contribution in [1.82, 2.24) is 25.5 Å². The largest absolute Gasteiger partial charge is 0.507 e. The van der Waals surface area contributed by atoms with Gasteiger partial charge >= 0.3 is 6.09 Å². The minimum atomic E-state index is -0.426. The second kappa shape index (κ2) is 13.2. The molecule has 38 heavy (non-hydrogen) atoms. The number of hydrogen-bond acceptors (Lipinski definition) is 10. The molecule has 0 aliphatic carbocycles. The highest BCUT2D eigenvalue weighted by Gasteiger charge is 2.20. The summed E-state index contributed by atoms with van der Waals surface area (Å²) in [6.07, 6.45) is 7.61. The van der Waals surface area contributed by atoms with Crippen molar-refractivity contribution in [1.29, 1.82) is 0 Å². The lowest BCUT2D eigenvalue weighted by Crippen LogP contribution is -2.31. The highest BCUT2D eigenvalue weighted by molar-refractivity contribution is 5.74. The van der Waals surface area contributed by atoms with Gasteiger partial charge in [-0.3, -0.25) is 0 Å². The molecule has 0 spiro atoms. The molecule has 11 heteroatoms. The number of phenols is 1. The first kappa shape index (κ1) is 26.6. The minimum Gasteiger partial charge on any atom is -0.507 e. The Kier molecular flexibility index (Phi) is 9.27. The molecule has 200 valence electrons. The van der Waals surface area contributed by atoms with Gasteiger partial charge in [0.15, 0.2) is 11.6 Å². The smallest absolute Gasteiger partial charge is 0.407 e. The number of alkyl carbamates (subject to hydrolysis) is 1. The number of rotatable bonds is 9. The molecule has 1 aliphatic rings. The summed E-state index contributed by atoms with van der Waals surface area (Å²) in [5.74, 6) is 1.91. The van der Waals surface area contributed by atoms with Gasteiger partial charge in [0, 0.05) is 44.5 Å². The minimum absolute atomic E-state index is 0.149. The first-order valence-corrected chi connectivity index (χ1v) is 12.9. The number of anilines is 3. The van der Waals surface area contributed by atoms with Gasteiger partial charge in [0.25, 0.3) is 0 Å². The number of amides is 1. The molecule has 1 amide bonds. The van der Waals surface area contributed by atoms with Crippen molar-refractivity contribution in [3.8, 4) is 17.0 Å².